The van der Waals surface area contributed by atoms with Gasteiger partial charge in [0.2, 0.25) is 0 Å². The Morgan fingerprint density at radius 3 is 2.60 bits per heavy atom. The van der Waals surface area contributed by atoms with Gasteiger partial charge in [0.25, 0.3) is 0 Å². The van der Waals surface area contributed by atoms with Crippen molar-refractivity contribution in [3.8, 4) is 0 Å². The molecule has 0 spiro atoms. The summed E-state index contributed by atoms with van der Waals surface area (Å²) in [6.45, 7) is 11.2. The summed E-state index contributed by atoms with van der Waals surface area (Å²) in [4.78, 5) is 0. The van der Waals surface area contributed by atoms with Crippen LogP contribution in [0.1, 0.15) is 52.9 Å². The topological polar surface area (TPSA) is 0 Å². The van der Waals surface area contributed by atoms with Gasteiger partial charge in [-0.2, -0.15) is 0 Å². The van der Waals surface area contributed by atoms with Gasteiger partial charge in [-0.05, 0) is 0 Å². The summed E-state index contributed by atoms with van der Waals surface area (Å²) in [5, 5.41) is 0. The number of hydrogen-bond donors (Lipinski definition) is 0. The molecule has 1 rings (SSSR count). The summed E-state index contributed by atoms with van der Waals surface area (Å²) < 4.78 is 0.644. The molecule has 1 heteroatoms. The number of hydrogen-bond acceptors (Lipinski definition) is 0. The van der Waals surface area contributed by atoms with Crippen LogP contribution in [0.3, 0.4) is 0 Å². The van der Waals surface area contributed by atoms with Crippen molar-refractivity contribution >= 4 is 15.0 Å². The summed E-state index contributed by atoms with van der Waals surface area (Å²) in [5.41, 5.74) is 0.498. The fourth-order valence-electron chi connectivity index (χ4n) is 2.78. The molecule has 1 aliphatic carbocycles. The third-order valence-corrected chi connectivity index (χ3v) is 6.92. The van der Waals surface area contributed by atoms with Crippen molar-refractivity contribution in [3.05, 3.63) is 12.7 Å². The van der Waals surface area contributed by atoms with Crippen molar-refractivity contribution in [2.75, 3.05) is 0 Å². The summed E-state index contributed by atoms with van der Waals surface area (Å²) in [6.07, 6.45) is 9.16. The Bertz CT molecular complexity index is 214. The van der Waals surface area contributed by atoms with E-state index in [1.54, 1.807) is 0 Å². The fraction of sp³-hybridized carbons (Fsp3) is 0.857. The maximum absolute atomic E-state index is 3.94. The van der Waals surface area contributed by atoms with Crippen LogP contribution in [0, 0.1) is 11.3 Å². The number of allylic oxidation sites excluding steroid dienone is 1. The van der Waals surface area contributed by atoms with E-state index in [2.05, 4.69) is 39.2 Å². The fourth-order valence-corrected chi connectivity index (χ4v) is 4.88. The van der Waals surface area contributed by atoms with Crippen LogP contribution in [0.4, 0.5) is 0 Å². The summed E-state index contributed by atoms with van der Waals surface area (Å²) in [5.74, 6) is 3.34. The van der Waals surface area contributed by atoms with E-state index in [1.807, 2.05) is 0 Å². The predicted molar refractivity (Wildman–Crippen MR) is 70.5 cm³/mol. The summed E-state index contributed by atoms with van der Waals surface area (Å²) in [6, 6.07) is 0. The van der Waals surface area contributed by atoms with E-state index in [4.69, 9.17) is 0 Å². The van der Waals surface area contributed by atoms with Crippen molar-refractivity contribution < 1.29 is 0 Å². The van der Waals surface area contributed by atoms with Crippen LogP contribution in [0.25, 0.3) is 0 Å². The molecule has 0 amide bonds. The van der Waals surface area contributed by atoms with Gasteiger partial charge in [-0.1, -0.05) is 0 Å². The zero-order valence-electron chi connectivity index (χ0n) is 10.8. The molecule has 2 atom stereocenters. The Kier molecular flexibility index (Phi) is 4.49. The van der Waals surface area contributed by atoms with Crippen LogP contribution in [0.5, 0.6) is 0 Å². The van der Waals surface area contributed by atoms with E-state index in [0.29, 0.717) is 9.73 Å². The van der Waals surface area contributed by atoms with Crippen LogP contribution in [0.15, 0.2) is 12.7 Å². The van der Waals surface area contributed by atoms with Crippen molar-refractivity contribution in [1.29, 1.82) is 0 Å². The molecule has 2 unspecified atom stereocenters. The van der Waals surface area contributed by atoms with Crippen molar-refractivity contribution in [1.82, 2.24) is 0 Å². The van der Waals surface area contributed by atoms with Crippen LogP contribution in [-0.4, -0.2) is 15.0 Å². The molecule has 0 heterocycles. The Labute approximate surface area is 102 Å². The zero-order valence-corrected chi connectivity index (χ0v) is 12.5. The van der Waals surface area contributed by atoms with Crippen LogP contribution in [0.2, 0.25) is 10.1 Å². The molecule has 0 aromatic carbocycles. The van der Waals surface area contributed by atoms with Crippen LogP contribution in [-0.2, 0) is 0 Å². The summed E-state index contributed by atoms with van der Waals surface area (Å²) >= 11 is 0.769. The van der Waals surface area contributed by atoms with E-state index >= 15 is 0 Å². The van der Waals surface area contributed by atoms with Gasteiger partial charge >= 0.3 is 102 Å². The summed E-state index contributed by atoms with van der Waals surface area (Å²) in [7, 11) is 0. The van der Waals surface area contributed by atoms with Gasteiger partial charge in [0.05, 0.1) is 0 Å². The van der Waals surface area contributed by atoms with Gasteiger partial charge in [0.15, 0.2) is 0 Å². The maximum atomic E-state index is 3.94. The first-order valence-corrected chi connectivity index (χ1v) is 8.66. The van der Waals surface area contributed by atoms with Gasteiger partial charge in [-0.3, -0.25) is 0 Å². The third-order valence-electron chi connectivity index (χ3n) is 3.98. The average Bonchev–Trinajstić information content (AvgIpc) is 2.17. The van der Waals surface area contributed by atoms with Crippen molar-refractivity contribution in [2.45, 2.75) is 63.0 Å². The molecule has 0 bridgehead atoms. The minimum atomic E-state index is 0.498. The third kappa shape index (κ3) is 3.36. The van der Waals surface area contributed by atoms with E-state index in [-0.39, 0.29) is 0 Å². The van der Waals surface area contributed by atoms with Gasteiger partial charge in [-0.25, -0.2) is 0 Å². The molecule has 15 heavy (non-hydrogen) atoms. The zero-order chi connectivity index (χ0) is 11.5. The molecule has 1 fully saturated rings. The normalized spacial score (nSPS) is 32.7. The SMILES string of the molecule is C=CCC1([Se]C)CCCC(C(C)(C)C)C1. The molecule has 0 nitrogen and oxygen atoms in total. The average molecular weight is 273 g/mol. The predicted octanol–water partition coefficient (Wildman–Crippen LogP) is 4.71. The van der Waals surface area contributed by atoms with Gasteiger partial charge in [-0.15, -0.1) is 0 Å². The first-order chi connectivity index (χ1) is 6.93. The van der Waals surface area contributed by atoms with Crippen LogP contribution >= 0.6 is 0 Å². The molecule has 0 aromatic heterocycles. The Hall–Kier alpha value is 0.259. The molecule has 1 aliphatic rings. The molecule has 88 valence electrons. The molecule has 0 saturated heterocycles. The van der Waals surface area contributed by atoms with Crippen LogP contribution < -0.4 is 0 Å². The van der Waals surface area contributed by atoms with Gasteiger partial charge < -0.3 is 0 Å². The standard InChI is InChI=1S/C14H26Se/c1-6-9-14(15-5)10-7-8-12(11-14)13(2,3)4/h6,12H,1,7-11H2,2-5H3. The monoisotopic (exact) mass is 274 g/mol. The Morgan fingerprint density at radius 1 is 1.47 bits per heavy atom. The van der Waals surface area contributed by atoms with Crippen molar-refractivity contribution in [3.63, 3.8) is 0 Å². The molecular formula is C14H26Se. The van der Waals surface area contributed by atoms with E-state index in [0.717, 1.165) is 20.9 Å². The molecule has 0 N–H and O–H groups in total. The molecule has 0 aliphatic heterocycles. The second-order valence-electron chi connectivity index (χ2n) is 6.04. The Balaban J connectivity index is 2.72. The van der Waals surface area contributed by atoms with E-state index < -0.39 is 0 Å². The van der Waals surface area contributed by atoms with E-state index in [9.17, 15) is 0 Å². The molecule has 1 saturated carbocycles. The Morgan fingerprint density at radius 2 is 2.13 bits per heavy atom. The molecule has 0 radical (unpaired) electrons. The number of rotatable bonds is 3. The quantitative estimate of drug-likeness (QED) is 0.516. The second-order valence-corrected chi connectivity index (χ2v) is 8.71. The van der Waals surface area contributed by atoms with Gasteiger partial charge in [0.1, 0.15) is 0 Å². The first-order valence-electron chi connectivity index (χ1n) is 6.09. The van der Waals surface area contributed by atoms with E-state index in [1.165, 1.54) is 32.1 Å². The van der Waals surface area contributed by atoms with Crippen molar-refractivity contribution in [2.24, 2.45) is 11.3 Å². The molecular weight excluding hydrogens is 247 g/mol. The van der Waals surface area contributed by atoms with Gasteiger partial charge in [0, 0.05) is 0 Å². The molecule has 0 aromatic rings. The second kappa shape index (κ2) is 5.06. The first kappa shape index (κ1) is 13.3. The minimum absolute atomic E-state index is 0.498.